The molecule has 0 aromatic rings. The third-order valence-electron chi connectivity index (χ3n) is 2.10. The summed E-state index contributed by atoms with van der Waals surface area (Å²) in [7, 11) is 0. The molecule has 0 amide bonds. The molecule has 0 aromatic carbocycles. The van der Waals surface area contributed by atoms with Crippen molar-refractivity contribution in [2.45, 2.75) is 12.5 Å². The summed E-state index contributed by atoms with van der Waals surface area (Å²) in [6, 6.07) is 0. The van der Waals surface area contributed by atoms with Crippen molar-refractivity contribution < 1.29 is 9.13 Å². The average Bonchev–Trinajstić information content (AvgIpc) is 2.30. The first kappa shape index (κ1) is 9.89. The summed E-state index contributed by atoms with van der Waals surface area (Å²) < 4.78 is 17.5. The van der Waals surface area contributed by atoms with Crippen LogP contribution >= 0.6 is 0 Å². The predicted octanol–water partition coefficient (Wildman–Crippen LogP) is 0.00550. The van der Waals surface area contributed by atoms with E-state index < -0.39 is 0 Å². The number of ether oxygens (including phenoxy) is 1. The third-order valence-corrected chi connectivity index (χ3v) is 2.10. The molecule has 0 aromatic heterocycles. The van der Waals surface area contributed by atoms with Crippen molar-refractivity contribution >= 4 is 0 Å². The summed E-state index contributed by atoms with van der Waals surface area (Å²) in [5.41, 5.74) is 5.49. The first-order valence-electron chi connectivity index (χ1n) is 4.47. The van der Waals surface area contributed by atoms with E-state index in [4.69, 9.17) is 10.5 Å². The molecule has 4 heteroatoms. The van der Waals surface area contributed by atoms with Gasteiger partial charge in [0, 0.05) is 32.8 Å². The summed E-state index contributed by atoms with van der Waals surface area (Å²) in [5.74, 6) is 0. The van der Waals surface area contributed by atoms with Crippen LogP contribution in [0.4, 0.5) is 4.39 Å². The van der Waals surface area contributed by atoms with Crippen molar-refractivity contribution in [3.63, 3.8) is 0 Å². The van der Waals surface area contributed by atoms with Crippen LogP contribution in [0, 0.1) is 0 Å². The maximum Gasteiger partial charge on any atom is 0.102 e. The van der Waals surface area contributed by atoms with E-state index in [1.54, 1.807) is 0 Å². The van der Waals surface area contributed by atoms with Gasteiger partial charge in [-0.25, -0.2) is 4.39 Å². The van der Waals surface area contributed by atoms with Gasteiger partial charge in [-0.1, -0.05) is 0 Å². The second-order valence-electron chi connectivity index (χ2n) is 3.07. The Morgan fingerprint density at radius 3 is 3.08 bits per heavy atom. The summed E-state index contributed by atoms with van der Waals surface area (Å²) in [4.78, 5) is 2.07. The Morgan fingerprint density at radius 2 is 2.42 bits per heavy atom. The van der Waals surface area contributed by atoms with Crippen molar-refractivity contribution in [3.8, 4) is 0 Å². The van der Waals surface area contributed by atoms with Crippen molar-refractivity contribution in [1.29, 1.82) is 0 Å². The Bertz CT molecular complexity index is 124. The van der Waals surface area contributed by atoms with Gasteiger partial charge >= 0.3 is 0 Å². The summed E-state index contributed by atoms with van der Waals surface area (Å²) in [6.07, 6.45) is 1.08. The molecule has 2 N–H and O–H groups in total. The number of alkyl halides is 1. The lowest BCUT2D eigenvalue weighted by Crippen LogP contribution is -2.37. The van der Waals surface area contributed by atoms with Gasteiger partial charge in [0.2, 0.25) is 0 Å². The molecule has 1 aliphatic heterocycles. The van der Waals surface area contributed by atoms with Crippen LogP contribution in [0.15, 0.2) is 0 Å². The molecule has 3 nitrogen and oxygen atoms in total. The minimum Gasteiger partial charge on any atom is -0.376 e. The Balaban J connectivity index is 2.31. The molecule has 0 radical (unpaired) electrons. The van der Waals surface area contributed by atoms with Crippen molar-refractivity contribution in [2.75, 3.05) is 39.5 Å². The fourth-order valence-electron chi connectivity index (χ4n) is 1.44. The first-order chi connectivity index (χ1) is 5.86. The van der Waals surface area contributed by atoms with Gasteiger partial charge in [0.15, 0.2) is 0 Å². The Kier molecular flexibility index (Phi) is 4.50. The Hall–Kier alpha value is -0.190. The van der Waals surface area contributed by atoms with Gasteiger partial charge in [-0.3, -0.25) is 4.90 Å². The zero-order valence-electron chi connectivity index (χ0n) is 7.34. The smallest absolute Gasteiger partial charge is 0.102 e. The lowest BCUT2D eigenvalue weighted by atomic mass is 10.3. The number of nitrogens with zero attached hydrogens (tertiary/aromatic N) is 1. The molecule has 0 aliphatic carbocycles. The van der Waals surface area contributed by atoms with Crippen molar-refractivity contribution in [1.82, 2.24) is 4.90 Å². The molecule has 1 aliphatic rings. The number of halogens is 1. The third kappa shape index (κ3) is 3.05. The number of nitrogens with two attached hydrogens (primary N) is 1. The van der Waals surface area contributed by atoms with Crippen LogP contribution in [0.3, 0.4) is 0 Å². The molecular weight excluding hydrogens is 159 g/mol. The molecule has 0 spiro atoms. The molecule has 1 saturated heterocycles. The maximum absolute atomic E-state index is 12.0. The number of hydrogen-bond acceptors (Lipinski definition) is 3. The quantitative estimate of drug-likeness (QED) is 0.658. The topological polar surface area (TPSA) is 38.5 Å². The molecule has 1 atom stereocenters. The highest BCUT2D eigenvalue weighted by Crippen LogP contribution is 2.04. The van der Waals surface area contributed by atoms with E-state index in [0.29, 0.717) is 13.1 Å². The second-order valence-corrected chi connectivity index (χ2v) is 3.07. The van der Waals surface area contributed by atoms with Gasteiger partial charge in [0.25, 0.3) is 0 Å². The van der Waals surface area contributed by atoms with Crippen LogP contribution in [0.2, 0.25) is 0 Å². The van der Waals surface area contributed by atoms with Crippen LogP contribution in [0.1, 0.15) is 6.42 Å². The van der Waals surface area contributed by atoms with Crippen LogP contribution in [-0.2, 0) is 4.74 Å². The fraction of sp³-hybridized carbons (Fsp3) is 1.00. The molecule has 0 bridgehead atoms. The highest BCUT2D eigenvalue weighted by molar-refractivity contribution is 4.70. The maximum atomic E-state index is 12.0. The van der Waals surface area contributed by atoms with E-state index in [-0.39, 0.29) is 12.8 Å². The molecule has 72 valence electrons. The van der Waals surface area contributed by atoms with E-state index in [9.17, 15) is 4.39 Å². The van der Waals surface area contributed by atoms with Crippen molar-refractivity contribution in [3.05, 3.63) is 0 Å². The van der Waals surface area contributed by atoms with Crippen LogP contribution in [0.25, 0.3) is 0 Å². The monoisotopic (exact) mass is 176 g/mol. The summed E-state index contributed by atoms with van der Waals surface area (Å²) >= 11 is 0. The van der Waals surface area contributed by atoms with Crippen LogP contribution < -0.4 is 5.73 Å². The lowest BCUT2D eigenvalue weighted by Gasteiger charge is -2.21. The summed E-state index contributed by atoms with van der Waals surface area (Å²) in [6.45, 7) is 3.23. The zero-order chi connectivity index (χ0) is 8.81. The predicted molar refractivity (Wildman–Crippen MR) is 45.8 cm³/mol. The lowest BCUT2D eigenvalue weighted by molar-refractivity contribution is 0.0599. The summed E-state index contributed by atoms with van der Waals surface area (Å²) in [5, 5.41) is 0. The van der Waals surface area contributed by atoms with Gasteiger partial charge in [-0.05, 0) is 6.42 Å². The van der Waals surface area contributed by atoms with E-state index in [1.807, 2.05) is 0 Å². The highest BCUT2D eigenvalue weighted by atomic mass is 19.1. The van der Waals surface area contributed by atoms with Crippen molar-refractivity contribution in [2.24, 2.45) is 5.73 Å². The van der Waals surface area contributed by atoms with Gasteiger partial charge in [0.05, 0.1) is 6.10 Å². The highest BCUT2D eigenvalue weighted by Gasteiger charge is 2.16. The van der Waals surface area contributed by atoms with Gasteiger partial charge in [0.1, 0.15) is 6.67 Å². The van der Waals surface area contributed by atoms with Gasteiger partial charge in [-0.2, -0.15) is 0 Å². The zero-order valence-corrected chi connectivity index (χ0v) is 7.34. The molecular formula is C8H17FN2O. The second kappa shape index (κ2) is 5.45. The van der Waals surface area contributed by atoms with Gasteiger partial charge in [-0.15, -0.1) is 0 Å². The minimum absolute atomic E-state index is 0.0963. The van der Waals surface area contributed by atoms with E-state index >= 15 is 0 Å². The standard InChI is InChI=1S/C8H17FN2O/c9-2-4-11-3-1-5-12-8(6-10)7-11/h8H,1-7,10H2. The normalized spacial score (nSPS) is 27.0. The molecule has 1 heterocycles. The first-order valence-corrected chi connectivity index (χ1v) is 4.47. The Morgan fingerprint density at radius 1 is 1.58 bits per heavy atom. The Labute approximate surface area is 72.7 Å². The molecule has 12 heavy (non-hydrogen) atoms. The van der Waals surface area contributed by atoms with Crippen LogP contribution in [0.5, 0.6) is 0 Å². The largest absolute Gasteiger partial charge is 0.376 e. The SMILES string of the molecule is NCC1CN(CCF)CCCO1. The van der Waals surface area contributed by atoms with Gasteiger partial charge < -0.3 is 10.5 Å². The van der Waals surface area contributed by atoms with E-state index in [2.05, 4.69) is 4.90 Å². The molecule has 1 rings (SSSR count). The minimum atomic E-state index is -0.280. The number of hydrogen-bond donors (Lipinski definition) is 1. The molecule has 0 saturated carbocycles. The van der Waals surface area contributed by atoms with E-state index in [1.165, 1.54) is 0 Å². The number of rotatable bonds is 3. The molecule has 1 fully saturated rings. The van der Waals surface area contributed by atoms with Crippen LogP contribution in [-0.4, -0.2) is 50.5 Å². The average molecular weight is 176 g/mol. The fourth-order valence-corrected chi connectivity index (χ4v) is 1.44. The molecule has 1 unspecified atom stereocenters. The van der Waals surface area contributed by atoms with E-state index in [0.717, 1.165) is 26.1 Å².